The normalized spacial score (nSPS) is 29.3. The zero-order valence-electron chi connectivity index (χ0n) is 12.7. The molecule has 4 rings (SSSR count). The predicted octanol–water partition coefficient (Wildman–Crippen LogP) is 3.40. The van der Waals surface area contributed by atoms with Crippen molar-refractivity contribution in [2.75, 3.05) is 0 Å². The second-order valence-corrected chi connectivity index (χ2v) is 6.72. The molecule has 2 aliphatic carbocycles. The molecule has 0 amide bonds. The van der Waals surface area contributed by atoms with Crippen LogP contribution in [0.5, 0.6) is 0 Å². The van der Waals surface area contributed by atoms with E-state index >= 15 is 0 Å². The van der Waals surface area contributed by atoms with Crippen LogP contribution in [0.2, 0.25) is 0 Å². The summed E-state index contributed by atoms with van der Waals surface area (Å²) in [5.74, 6) is 3.19. The van der Waals surface area contributed by atoms with Gasteiger partial charge in [-0.25, -0.2) is 4.98 Å². The Kier molecular flexibility index (Phi) is 3.26. The molecule has 1 aromatic heterocycles. The van der Waals surface area contributed by atoms with E-state index in [-0.39, 0.29) is 6.10 Å². The van der Waals surface area contributed by atoms with Crippen LogP contribution >= 0.6 is 0 Å². The van der Waals surface area contributed by atoms with Crippen LogP contribution in [-0.2, 0) is 13.0 Å². The van der Waals surface area contributed by atoms with E-state index in [1.165, 1.54) is 31.2 Å². The highest BCUT2D eigenvalue weighted by molar-refractivity contribution is 5.75. The number of benzene rings is 1. The minimum absolute atomic E-state index is 0.208. The van der Waals surface area contributed by atoms with Crippen molar-refractivity contribution in [2.24, 2.45) is 17.8 Å². The van der Waals surface area contributed by atoms with Gasteiger partial charge in [0.2, 0.25) is 0 Å². The highest BCUT2D eigenvalue weighted by Crippen LogP contribution is 2.57. The van der Waals surface area contributed by atoms with Crippen LogP contribution in [0.1, 0.15) is 38.4 Å². The summed E-state index contributed by atoms with van der Waals surface area (Å²) in [5.41, 5.74) is 2.24. The maximum atomic E-state index is 10.7. The van der Waals surface area contributed by atoms with E-state index in [0.717, 1.165) is 29.7 Å². The Hall–Kier alpha value is -1.35. The van der Waals surface area contributed by atoms with E-state index in [2.05, 4.69) is 29.7 Å². The van der Waals surface area contributed by atoms with Gasteiger partial charge in [0.05, 0.1) is 17.1 Å². The Morgan fingerprint density at radius 2 is 1.95 bits per heavy atom. The van der Waals surface area contributed by atoms with Gasteiger partial charge in [-0.3, -0.25) is 0 Å². The lowest BCUT2D eigenvalue weighted by Crippen LogP contribution is -2.18. The molecule has 0 saturated heterocycles. The van der Waals surface area contributed by atoms with Gasteiger partial charge in [0, 0.05) is 13.0 Å². The van der Waals surface area contributed by atoms with Crippen molar-refractivity contribution in [3.8, 4) is 0 Å². The first-order valence-corrected chi connectivity index (χ1v) is 8.41. The maximum absolute atomic E-state index is 10.7. The fraction of sp³-hybridized carbons (Fsp3) is 0.611. The van der Waals surface area contributed by atoms with Crippen molar-refractivity contribution in [3.05, 3.63) is 30.1 Å². The lowest BCUT2D eigenvalue weighted by Gasteiger charge is -2.11. The molecule has 0 bridgehead atoms. The Labute approximate surface area is 126 Å². The average Bonchev–Trinajstić information content (AvgIpc) is 3.14. The number of aliphatic hydroxyl groups excluding tert-OH is 1. The third kappa shape index (κ3) is 2.18. The molecule has 2 aliphatic rings. The fourth-order valence-electron chi connectivity index (χ4n) is 4.58. The molecule has 2 fully saturated rings. The Morgan fingerprint density at radius 1 is 1.24 bits per heavy atom. The van der Waals surface area contributed by atoms with Crippen molar-refractivity contribution in [3.63, 3.8) is 0 Å². The number of aliphatic hydroxyl groups is 1. The van der Waals surface area contributed by atoms with E-state index in [1.54, 1.807) is 0 Å². The third-order valence-corrected chi connectivity index (χ3v) is 5.61. The number of hydrogen-bond acceptors (Lipinski definition) is 2. The van der Waals surface area contributed by atoms with Crippen LogP contribution in [0.3, 0.4) is 0 Å². The van der Waals surface area contributed by atoms with E-state index in [1.807, 2.05) is 6.07 Å². The zero-order chi connectivity index (χ0) is 14.4. The molecule has 2 aromatic rings. The minimum Gasteiger partial charge on any atom is -0.392 e. The van der Waals surface area contributed by atoms with Crippen molar-refractivity contribution < 1.29 is 5.11 Å². The molecule has 2 saturated carbocycles. The maximum Gasteiger partial charge on any atom is 0.112 e. The monoisotopic (exact) mass is 284 g/mol. The van der Waals surface area contributed by atoms with Crippen LogP contribution in [0, 0.1) is 17.8 Å². The molecule has 3 heteroatoms. The average molecular weight is 284 g/mol. The van der Waals surface area contributed by atoms with E-state index in [9.17, 15) is 5.11 Å². The summed E-state index contributed by atoms with van der Waals surface area (Å²) in [6.07, 6.45) is 5.88. The van der Waals surface area contributed by atoms with Gasteiger partial charge in [-0.05, 0) is 49.7 Å². The summed E-state index contributed by atoms with van der Waals surface area (Å²) in [6.45, 7) is 3.07. The van der Waals surface area contributed by atoms with Crippen LogP contribution in [-0.4, -0.2) is 20.8 Å². The van der Waals surface area contributed by atoms with Gasteiger partial charge >= 0.3 is 0 Å². The lowest BCUT2D eigenvalue weighted by molar-refractivity contribution is 0.137. The highest BCUT2D eigenvalue weighted by atomic mass is 16.3. The van der Waals surface area contributed by atoms with Gasteiger partial charge in [-0.2, -0.15) is 0 Å². The summed E-state index contributed by atoms with van der Waals surface area (Å²) < 4.78 is 2.25. The molecule has 0 spiro atoms. The van der Waals surface area contributed by atoms with Crippen LogP contribution in [0.4, 0.5) is 0 Å². The number of rotatable bonds is 4. The fourth-order valence-corrected chi connectivity index (χ4v) is 4.58. The molecule has 0 aliphatic heterocycles. The number of aromatic nitrogens is 2. The largest absolute Gasteiger partial charge is 0.392 e. The molecule has 21 heavy (non-hydrogen) atoms. The summed E-state index contributed by atoms with van der Waals surface area (Å²) in [6, 6.07) is 8.28. The predicted molar refractivity (Wildman–Crippen MR) is 84.1 cm³/mol. The van der Waals surface area contributed by atoms with Gasteiger partial charge in [0.25, 0.3) is 0 Å². The highest BCUT2D eigenvalue weighted by Gasteiger charge is 2.53. The Morgan fingerprint density at radius 3 is 2.67 bits per heavy atom. The summed E-state index contributed by atoms with van der Waals surface area (Å²) in [5, 5.41) is 10.7. The van der Waals surface area contributed by atoms with Gasteiger partial charge in [-0.15, -0.1) is 0 Å². The van der Waals surface area contributed by atoms with E-state index in [4.69, 9.17) is 4.98 Å². The van der Waals surface area contributed by atoms with Gasteiger partial charge in [-0.1, -0.05) is 25.0 Å². The van der Waals surface area contributed by atoms with Crippen molar-refractivity contribution in [1.29, 1.82) is 0 Å². The van der Waals surface area contributed by atoms with Crippen LogP contribution in [0.15, 0.2) is 24.3 Å². The van der Waals surface area contributed by atoms with Gasteiger partial charge in [0.15, 0.2) is 0 Å². The SMILES string of the molecule is CCn1c(CC(O)C2C3CCCCC32)nc2ccccc21. The smallest absolute Gasteiger partial charge is 0.112 e. The molecule has 3 unspecified atom stereocenters. The number of para-hydroxylation sites is 2. The molecule has 3 nitrogen and oxygen atoms in total. The second-order valence-electron chi connectivity index (χ2n) is 6.72. The lowest BCUT2D eigenvalue weighted by atomic mass is 10.0. The number of nitrogens with zero attached hydrogens (tertiary/aromatic N) is 2. The van der Waals surface area contributed by atoms with Crippen molar-refractivity contribution >= 4 is 11.0 Å². The third-order valence-electron chi connectivity index (χ3n) is 5.61. The van der Waals surface area contributed by atoms with Gasteiger partial charge < -0.3 is 9.67 Å². The summed E-state index contributed by atoms with van der Waals surface area (Å²) >= 11 is 0. The Bertz CT molecular complexity index is 636. The number of fused-ring (bicyclic) bond motifs is 2. The number of imidazole rings is 1. The topological polar surface area (TPSA) is 38.0 Å². The van der Waals surface area contributed by atoms with Crippen LogP contribution in [0.25, 0.3) is 11.0 Å². The van der Waals surface area contributed by atoms with Crippen molar-refractivity contribution in [2.45, 2.75) is 51.7 Å². The van der Waals surface area contributed by atoms with E-state index in [0.29, 0.717) is 12.3 Å². The first kappa shape index (κ1) is 13.3. The molecular weight excluding hydrogens is 260 g/mol. The molecule has 3 atom stereocenters. The van der Waals surface area contributed by atoms with Crippen LogP contribution < -0.4 is 0 Å². The molecular formula is C18H24N2O. The summed E-state index contributed by atoms with van der Waals surface area (Å²) in [7, 11) is 0. The Balaban J connectivity index is 1.56. The first-order chi connectivity index (χ1) is 10.3. The number of aryl methyl sites for hydroxylation is 1. The molecule has 1 heterocycles. The molecule has 0 radical (unpaired) electrons. The standard InChI is InChI=1S/C18H24N2O/c1-2-20-15-10-6-5-9-14(15)19-17(20)11-16(21)18-12-7-3-4-8-13(12)18/h5-6,9-10,12-13,16,18,21H,2-4,7-8,11H2,1H3. The molecule has 112 valence electrons. The summed E-state index contributed by atoms with van der Waals surface area (Å²) in [4.78, 5) is 4.75. The second kappa shape index (κ2) is 5.13. The molecule has 1 N–H and O–H groups in total. The minimum atomic E-state index is -0.208. The number of hydrogen-bond donors (Lipinski definition) is 1. The van der Waals surface area contributed by atoms with Gasteiger partial charge in [0.1, 0.15) is 5.82 Å². The molecule has 1 aromatic carbocycles. The van der Waals surface area contributed by atoms with Crippen molar-refractivity contribution in [1.82, 2.24) is 9.55 Å². The quantitative estimate of drug-likeness (QED) is 0.934. The first-order valence-electron chi connectivity index (χ1n) is 8.41. The zero-order valence-corrected chi connectivity index (χ0v) is 12.7. The van der Waals surface area contributed by atoms with E-state index < -0.39 is 0 Å².